The number of carbonyl (C=O) groups excluding carboxylic acids is 1. The average molecular weight is 312 g/mol. The molecule has 1 aromatic carbocycles. The van der Waals surface area contributed by atoms with Gasteiger partial charge in [0.05, 0.1) is 11.3 Å². The summed E-state index contributed by atoms with van der Waals surface area (Å²) in [5.74, 6) is -0.194. The molecule has 0 spiro atoms. The van der Waals surface area contributed by atoms with Crippen LogP contribution in [-0.2, 0) is 11.2 Å². The molecule has 0 bridgehead atoms. The van der Waals surface area contributed by atoms with Gasteiger partial charge in [0.25, 0.3) is 5.69 Å². The van der Waals surface area contributed by atoms with Gasteiger partial charge in [0, 0.05) is 17.0 Å². The normalized spacial score (nSPS) is 10.2. The van der Waals surface area contributed by atoms with Crippen LogP contribution in [0.3, 0.4) is 0 Å². The molecule has 1 aromatic heterocycles. The standard InChI is InChI=1S/C13H10ClNO4S/c14-11-8-9(3-5-12(11)15(17)18)19-13(16)6-4-10-2-1-7-20-10/h1-3,5,7-8H,4,6H2. The molecular weight excluding hydrogens is 302 g/mol. The van der Waals surface area contributed by atoms with Crippen molar-refractivity contribution in [3.05, 3.63) is 55.7 Å². The topological polar surface area (TPSA) is 69.4 Å². The van der Waals surface area contributed by atoms with E-state index in [4.69, 9.17) is 16.3 Å². The molecule has 0 atom stereocenters. The first-order chi connectivity index (χ1) is 9.56. The first-order valence-electron chi connectivity index (χ1n) is 5.73. The number of thiophene rings is 1. The summed E-state index contributed by atoms with van der Waals surface area (Å²) in [6.45, 7) is 0. The molecule has 1 heterocycles. The van der Waals surface area contributed by atoms with Crippen molar-refractivity contribution in [2.75, 3.05) is 0 Å². The van der Waals surface area contributed by atoms with Gasteiger partial charge in [-0.3, -0.25) is 14.9 Å². The fraction of sp³-hybridized carbons (Fsp3) is 0.154. The average Bonchev–Trinajstić information content (AvgIpc) is 2.89. The summed E-state index contributed by atoms with van der Waals surface area (Å²) >= 11 is 7.31. The van der Waals surface area contributed by atoms with Crippen LogP contribution in [0.4, 0.5) is 5.69 Å². The molecule has 5 nitrogen and oxygen atoms in total. The first kappa shape index (κ1) is 14.5. The number of nitro benzene ring substituents is 1. The Morgan fingerprint density at radius 3 is 2.80 bits per heavy atom. The number of ether oxygens (including phenoxy) is 1. The fourth-order valence-electron chi connectivity index (χ4n) is 1.56. The molecule has 0 saturated carbocycles. The molecule has 2 aromatic rings. The highest BCUT2D eigenvalue weighted by molar-refractivity contribution is 7.09. The highest BCUT2D eigenvalue weighted by atomic mass is 35.5. The maximum atomic E-state index is 11.6. The lowest BCUT2D eigenvalue weighted by atomic mass is 10.2. The van der Waals surface area contributed by atoms with Crippen molar-refractivity contribution >= 4 is 34.6 Å². The van der Waals surface area contributed by atoms with E-state index in [1.54, 1.807) is 11.3 Å². The van der Waals surface area contributed by atoms with E-state index in [9.17, 15) is 14.9 Å². The highest BCUT2D eigenvalue weighted by Crippen LogP contribution is 2.28. The number of nitrogens with zero attached hydrogens (tertiary/aromatic N) is 1. The Bertz CT molecular complexity index is 627. The number of esters is 1. The zero-order chi connectivity index (χ0) is 14.5. The second kappa shape index (κ2) is 6.49. The molecule has 104 valence electrons. The number of benzene rings is 1. The summed E-state index contributed by atoms with van der Waals surface area (Å²) in [6, 6.07) is 7.70. The van der Waals surface area contributed by atoms with E-state index in [1.165, 1.54) is 18.2 Å². The van der Waals surface area contributed by atoms with Crippen molar-refractivity contribution < 1.29 is 14.5 Å². The third kappa shape index (κ3) is 3.79. The molecule has 7 heteroatoms. The smallest absolute Gasteiger partial charge is 0.311 e. The highest BCUT2D eigenvalue weighted by Gasteiger charge is 2.14. The summed E-state index contributed by atoms with van der Waals surface area (Å²) < 4.78 is 5.09. The van der Waals surface area contributed by atoms with Gasteiger partial charge in [0.15, 0.2) is 0 Å². The molecule has 0 saturated heterocycles. The summed E-state index contributed by atoms with van der Waals surface area (Å²) in [5, 5.41) is 12.5. The van der Waals surface area contributed by atoms with Crippen molar-refractivity contribution in [3.63, 3.8) is 0 Å². The predicted octanol–water partition coefficient (Wildman–Crippen LogP) is 3.85. The lowest BCUT2D eigenvalue weighted by Gasteiger charge is -2.04. The molecule has 2 rings (SSSR count). The first-order valence-corrected chi connectivity index (χ1v) is 6.99. The Labute approximate surface area is 123 Å². The largest absolute Gasteiger partial charge is 0.426 e. The minimum atomic E-state index is -0.593. The number of carbonyl (C=O) groups is 1. The van der Waals surface area contributed by atoms with E-state index in [0.29, 0.717) is 6.42 Å². The Balaban J connectivity index is 1.94. The van der Waals surface area contributed by atoms with Crippen LogP contribution in [0, 0.1) is 10.1 Å². The minimum Gasteiger partial charge on any atom is -0.426 e. The number of halogens is 1. The van der Waals surface area contributed by atoms with Gasteiger partial charge in [0.1, 0.15) is 10.8 Å². The third-order valence-corrected chi connectivity index (χ3v) is 3.74. The maximum absolute atomic E-state index is 11.6. The second-order valence-electron chi connectivity index (χ2n) is 3.92. The van der Waals surface area contributed by atoms with E-state index in [-0.39, 0.29) is 22.9 Å². The van der Waals surface area contributed by atoms with Gasteiger partial charge in [-0.15, -0.1) is 11.3 Å². The van der Waals surface area contributed by atoms with Crippen LogP contribution in [0.25, 0.3) is 0 Å². The molecule has 0 unspecified atom stereocenters. The van der Waals surface area contributed by atoms with E-state index in [1.807, 2.05) is 17.5 Å². The molecule has 20 heavy (non-hydrogen) atoms. The van der Waals surface area contributed by atoms with Crippen LogP contribution in [0.5, 0.6) is 5.75 Å². The Hall–Kier alpha value is -1.92. The number of aryl methyl sites for hydroxylation is 1. The summed E-state index contributed by atoms with van der Waals surface area (Å²) in [5.41, 5.74) is -0.218. The molecule has 0 N–H and O–H groups in total. The lowest BCUT2D eigenvalue weighted by molar-refractivity contribution is -0.384. The predicted molar refractivity (Wildman–Crippen MR) is 76.4 cm³/mol. The molecular formula is C13H10ClNO4S. The van der Waals surface area contributed by atoms with Crippen molar-refractivity contribution in [2.24, 2.45) is 0 Å². The fourth-order valence-corrected chi connectivity index (χ4v) is 2.51. The van der Waals surface area contributed by atoms with Gasteiger partial charge >= 0.3 is 5.97 Å². The monoisotopic (exact) mass is 311 g/mol. The molecule has 0 fully saturated rings. The minimum absolute atomic E-state index is 0.0569. The Kier molecular flexibility index (Phi) is 4.70. The van der Waals surface area contributed by atoms with Crippen LogP contribution >= 0.6 is 22.9 Å². The van der Waals surface area contributed by atoms with Crippen LogP contribution in [0.1, 0.15) is 11.3 Å². The third-order valence-electron chi connectivity index (χ3n) is 2.50. The van der Waals surface area contributed by atoms with Gasteiger partial charge in [-0.05, 0) is 23.9 Å². The number of hydrogen-bond acceptors (Lipinski definition) is 5. The second-order valence-corrected chi connectivity index (χ2v) is 5.36. The van der Waals surface area contributed by atoms with Gasteiger partial charge in [-0.2, -0.15) is 0 Å². The van der Waals surface area contributed by atoms with Crippen LogP contribution < -0.4 is 4.74 Å². The van der Waals surface area contributed by atoms with Crippen LogP contribution in [-0.4, -0.2) is 10.9 Å². The number of nitro groups is 1. The van der Waals surface area contributed by atoms with Crippen LogP contribution in [0.15, 0.2) is 35.7 Å². The number of rotatable bonds is 5. The molecule has 0 aliphatic rings. The molecule has 0 aliphatic heterocycles. The Morgan fingerprint density at radius 1 is 1.40 bits per heavy atom. The van der Waals surface area contributed by atoms with Crippen molar-refractivity contribution in [3.8, 4) is 5.75 Å². The van der Waals surface area contributed by atoms with Gasteiger partial charge in [-0.1, -0.05) is 17.7 Å². The summed E-state index contributed by atoms with van der Waals surface area (Å²) in [7, 11) is 0. The van der Waals surface area contributed by atoms with E-state index >= 15 is 0 Å². The molecule has 0 aliphatic carbocycles. The lowest BCUT2D eigenvalue weighted by Crippen LogP contribution is -2.08. The quantitative estimate of drug-likeness (QED) is 0.364. The SMILES string of the molecule is O=C(CCc1cccs1)Oc1ccc([N+](=O)[O-])c(Cl)c1. The zero-order valence-electron chi connectivity index (χ0n) is 10.2. The van der Waals surface area contributed by atoms with Crippen molar-refractivity contribution in [2.45, 2.75) is 12.8 Å². The zero-order valence-corrected chi connectivity index (χ0v) is 11.8. The van der Waals surface area contributed by atoms with Crippen LogP contribution in [0.2, 0.25) is 5.02 Å². The van der Waals surface area contributed by atoms with Gasteiger partial charge < -0.3 is 4.74 Å². The van der Waals surface area contributed by atoms with Crippen molar-refractivity contribution in [1.29, 1.82) is 0 Å². The Morgan fingerprint density at radius 2 is 2.20 bits per heavy atom. The molecule has 0 radical (unpaired) electrons. The van der Waals surface area contributed by atoms with Gasteiger partial charge in [-0.25, -0.2) is 0 Å². The van der Waals surface area contributed by atoms with E-state index < -0.39 is 10.9 Å². The molecule has 0 amide bonds. The van der Waals surface area contributed by atoms with Gasteiger partial charge in [0.2, 0.25) is 0 Å². The van der Waals surface area contributed by atoms with E-state index in [2.05, 4.69) is 0 Å². The summed E-state index contributed by atoms with van der Waals surface area (Å²) in [4.78, 5) is 22.8. The summed E-state index contributed by atoms with van der Waals surface area (Å²) in [6.07, 6.45) is 0.854. The number of hydrogen-bond donors (Lipinski definition) is 0. The van der Waals surface area contributed by atoms with E-state index in [0.717, 1.165) is 4.88 Å². The van der Waals surface area contributed by atoms with Crippen molar-refractivity contribution in [1.82, 2.24) is 0 Å². The maximum Gasteiger partial charge on any atom is 0.311 e.